The van der Waals surface area contributed by atoms with Gasteiger partial charge in [-0.2, -0.15) is 0 Å². The standard InChI is InChI=1S/C75H124O6/c1-4-7-10-13-15-17-19-21-23-25-27-29-31-33-34-35-36-37-38-39-40-42-43-45-47-49-51-53-55-57-59-62-65-68-74(77)80-71-72(70-79-73(76)67-64-61-12-9-6-3)81-75(78)69-66-63-60-58-56-54-52-50-48-46-44-41-32-30-28-26-24-22-20-18-16-14-11-8-5-2/h7,10,15,17,20-23,26-29,33-34,36-37,39-40,43,45,49,51,72H,4-6,8-9,11-14,16,18-19,24-25,30-32,35,38,41-42,44,46-48,50,52-71H2,1-3H3/b10-7-,17-15-,22-20-,23-21-,28-26-,29-27-,34-33-,37-36-,40-39-,45-43-,51-49-. The maximum atomic E-state index is 12.8. The van der Waals surface area contributed by atoms with Crippen molar-refractivity contribution in [3.8, 4) is 0 Å². The van der Waals surface area contributed by atoms with Crippen LogP contribution in [-0.2, 0) is 28.6 Å². The SMILES string of the molecule is CC/C=C\C/C=C\C/C=C\C/C=C\C/C=C\C/C=C\C/C=C\C/C=C\C/C=C\CCCCCCCC(=O)OCC(COC(=O)CCCCCCC)OC(=O)CCCCCCCCCCCCCCC/C=C\C/C=C\CCCCCCC. The van der Waals surface area contributed by atoms with Gasteiger partial charge >= 0.3 is 17.9 Å². The van der Waals surface area contributed by atoms with Gasteiger partial charge in [0.15, 0.2) is 6.10 Å². The van der Waals surface area contributed by atoms with Gasteiger partial charge in [0.2, 0.25) is 0 Å². The first-order valence-corrected chi connectivity index (χ1v) is 33.7. The molecule has 0 aliphatic carbocycles. The molecular formula is C75H124O6. The first-order chi connectivity index (χ1) is 40.0. The van der Waals surface area contributed by atoms with Crippen molar-refractivity contribution in [2.75, 3.05) is 13.2 Å². The molecule has 1 unspecified atom stereocenters. The Labute approximate surface area is 500 Å². The highest BCUT2D eigenvalue weighted by Gasteiger charge is 2.19. The minimum atomic E-state index is -0.787. The van der Waals surface area contributed by atoms with E-state index in [4.69, 9.17) is 14.2 Å². The molecule has 460 valence electrons. The largest absolute Gasteiger partial charge is 0.462 e. The van der Waals surface area contributed by atoms with Crippen LogP contribution in [0.5, 0.6) is 0 Å². The first kappa shape index (κ1) is 76.5. The molecule has 0 saturated carbocycles. The molecule has 0 radical (unpaired) electrons. The quantitative estimate of drug-likeness (QED) is 0.0261. The number of ether oxygens (including phenoxy) is 3. The van der Waals surface area contributed by atoms with Gasteiger partial charge in [-0.1, -0.05) is 296 Å². The van der Waals surface area contributed by atoms with Crippen LogP contribution in [0, 0.1) is 0 Å². The summed E-state index contributed by atoms with van der Waals surface area (Å²) in [4.78, 5) is 38.0. The summed E-state index contributed by atoms with van der Waals surface area (Å²) < 4.78 is 16.8. The van der Waals surface area contributed by atoms with Gasteiger partial charge in [-0.25, -0.2) is 0 Å². The lowest BCUT2D eigenvalue weighted by atomic mass is 10.0. The van der Waals surface area contributed by atoms with Crippen molar-refractivity contribution < 1.29 is 28.6 Å². The predicted molar refractivity (Wildman–Crippen MR) is 353 cm³/mol. The maximum Gasteiger partial charge on any atom is 0.306 e. The van der Waals surface area contributed by atoms with Gasteiger partial charge < -0.3 is 14.2 Å². The van der Waals surface area contributed by atoms with Gasteiger partial charge in [0, 0.05) is 19.3 Å². The van der Waals surface area contributed by atoms with E-state index in [1.807, 2.05) is 0 Å². The van der Waals surface area contributed by atoms with Gasteiger partial charge in [-0.05, 0) is 122 Å². The fraction of sp³-hybridized carbons (Fsp3) is 0.667. The lowest BCUT2D eigenvalue weighted by molar-refractivity contribution is -0.167. The molecule has 0 fully saturated rings. The molecule has 0 aliphatic heterocycles. The van der Waals surface area contributed by atoms with Crippen LogP contribution in [0.25, 0.3) is 0 Å². The van der Waals surface area contributed by atoms with E-state index in [1.54, 1.807) is 0 Å². The number of rotatable bonds is 60. The highest BCUT2D eigenvalue weighted by Crippen LogP contribution is 2.16. The summed E-state index contributed by atoms with van der Waals surface area (Å²) in [5.74, 6) is -0.918. The Morgan fingerprint density at radius 3 is 0.753 bits per heavy atom. The molecule has 0 rings (SSSR count). The number of hydrogen-bond acceptors (Lipinski definition) is 6. The second-order valence-corrected chi connectivity index (χ2v) is 22.0. The summed E-state index contributed by atoms with van der Waals surface area (Å²) in [7, 11) is 0. The average Bonchev–Trinajstić information content (AvgIpc) is 3.47. The third-order valence-electron chi connectivity index (χ3n) is 14.1. The number of unbranched alkanes of at least 4 members (excludes halogenated alkanes) is 27. The lowest BCUT2D eigenvalue weighted by Gasteiger charge is -2.18. The Balaban J connectivity index is 4.10. The molecule has 0 amide bonds. The van der Waals surface area contributed by atoms with Crippen molar-refractivity contribution in [3.05, 3.63) is 134 Å². The van der Waals surface area contributed by atoms with Crippen LogP contribution in [0.1, 0.15) is 303 Å². The summed E-state index contributed by atoms with van der Waals surface area (Å²) in [5, 5.41) is 0. The summed E-state index contributed by atoms with van der Waals surface area (Å²) in [5.41, 5.74) is 0. The van der Waals surface area contributed by atoms with Gasteiger partial charge in [-0.15, -0.1) is 0 Å². The molecular weight excluding hydrogens is 997 g/mol. The Hall–Kier alpha value is -4.45. The molecule has 6 heteroatoms. The highest BCUT2D eigenvalue weighted by molar-refractivity contribution is 5.71. The number of hydrogen-bond donors (Lipinski definition) is 0. The first-order valence-electron chi connectivity index (χ1n) is 33.7. The van der Waals surface area contributed by atoms with Crippen molar-refractivity contribution in [2.45, 2.75) is 309 Å². The molecule has 0 heterocycles. The smallest absolute Gasteiger partial charge is 0.306 e. The number of carbonyl (C=O) groups excluding carboxylic acids is 3. The number of esters is 3. The van der Waals surface area contributed by atoms with Crippen molar-refractivity contribution in [2.24, 2.45) is 0 Å². The summed E-state index contributed by atoms with van der Waals surface area (Å²) in [6.07, 6.45) is 96.6. The monoisotopic (exact) mass is 1120 g/mol. The zero-order valence-corrected chi connectivity index (χ0v) is 52.8. The van der Waals surface area contributed by atoms with Gasteiger partial charge in [0.1, 0.15) is 13.2 Å². The second kappa shape index (κ2) is 68.1. The average molecular weight is 1120 g/mol. The molecule has 81 heavy (non-hydrogen) atoms. The molecule has 0 spiro atoms. The Kier molecular flexibility index (Phi) is 64.3. The van der Waals surface area contributed by atoms with E-state index in [-0.39, 0.29) is 31.1 Å². The van der Waals surface area contributed by atoms with E-state index in [0.717, 1.165) is 148 Å². The topological polar surface area (TPSA) is 78.9 Å². The summed E-state index contributed by atoms with van der Waals surface area (Å²) in [6.45, 7) is 6.43. The fourth-order valence-electron chi connectivity index (χ4n) is 9.11. The van der Waals surface area contributed by atoms with E-state index in [1.165, 1.54) is 116 Å². The van der Waals surface area contributed by atoms with Crippen LogP contribution in [0.2, 0.25) is 0 Å². The highest BCUT2D eigenvalue weighted by atomic mass is 16.6. The third kappa shape index (κ3) is 66.2. The summed E-state index contributed by atoms with van der Waals surface area (Å²) in [6, 6.07) is 0. The van der Waals surface area contributed by atoms with E-state index in [2.05, 4.69) is 154 Å². The fourth-order valence-corrected chi connectivity index (χ4v) is 9.11. The van der Waals surface area contributed by atoms with Crippen molar-refractivity contribution in [1.29, 1.82) is 0 Å². The van der Waals surface area contributed by atoms with Gasteiger partial charge in [0.25, 0.3) is 0 Å². The minimum absolute atomic E-state index is 0.0869. The van der Waals surface area contributed by atoms with E-state index in [9.17, 15) is 14.4 Å². The van der Waals surface area contributed by atoms with Gasteiger partial charge in [0.05, 0.1) is 0 Å². The number of allylic oxidation sites excluding steroid dienone is 22. The molecule has 0 aliphatic rings. The van der Waals surface area contributed by atoms with Crippen molar-refractivity contribution in [1.82, 2.24) is 0 Å². The van der Waals surface area contributed by atoms with Crippen LogP contribution >= 0.6 is 0 Å². The number of carbonyl (C=O) groups is 3. The van der Waals surface area contributed by atoms with Crippen LogP contribution < -0.4 is 0 Å². The molecule has 6 nitrogen and oxygen atoms in total. The second-order valence-electron chi connectivity index (χ2n) is 22.0. The molecule has 1 atom stereocenters. The minimum Gasteiger partial charge on any atom is -0.462 e. The molecule has 0 aromatic rings. The summed E-state index contributed by atoms with van der Waals surface area (Å²) >= 11 is 0. The predicted octanol–water partition coefficient (Wildman–Crippen LogP) is 23.3. The lowest BCUT2D eigenvalue weighted by Crippen LogP contribution is -2.30. The van der Waals surface area contributed by atoms with E-state index in [0.29, 0.717) is 19.3 Å². The van der Waals surface area contributed by atoms with E-state index < -0.39 is 6.10 Å². The van der Waals surface area contributed by atoms with Crippen LogP contribution in [0.4, 0.5) is 0 Å². The Morgan fingerprint density at radius 1 is 0.259 bits per heavy atom. The molecule has 0 saturated heterocycles. The third-order valence-corrected chi connectivity index (χ3v) is 14.1. The molecule has 0 aromatic heterocycles. The van der Waals surface area contributed by atoms with E-state index >= 15 is 0 Å². The van der Waals surface area contributed by atoms with Crippen LogP contribution in [-0.4, -0.2) is 37.2 Å². The Bertz CT molecular complexity index is 1720. The van der Waals surface area contributed by atoms with Crippen molar-refractivity contribution >= 4 is 17.9 Å². The van der Waals surface area contributed by atoms with Crippen LogP contribution in [0.15, 0.2) is 134 Å². The Morgan fingerprint density at radius 2 is 0.481 bits per heavy atom. The van der Waals surface area contributed by atoms with Crippen molar-refractivity contribution in [3.63, 3.8) is 0 Å². The zero-order valence-electron chi connectivity index (χ0n) is 52.8. The van der Waals surface area contributed by atoms with Gasteiger partial charge in [-0.3, -0.25) is 14.4 Å². The molecule has 0 bridgehead atoms. The zero-order chi connectivity index (χ0) is 58.5. The normalized spacial score (nSPS) is 13.0. The molecule has 0 N–H and O–H groups in total. The maximum absolute atomic E-state index is 12.8. The molecule has 0 aromatic carbocycles. The van der Waals surface area contributed by atoms with Crippen LogP contribution in [0.3, 0.4) is 0 Å².